The minimum Gasteiger partial charge on any atom is -0.308 e. The van der Waals surface area contributed by atoms with Crippen molar-refractivity contribution in [3.05, 3.63) is 151 Å². The van der Waals surface area contributed by atoms with Gasteiger partial charge in [-0.15, -0.1) is 0 Å². The van der Waals surface area contributed by atoms with Gasteiger partial charge in [0.05, 0.1) is 16.7 Å². The standard InChI is InChI=1S/C41H29N2OP/c1-2-40-42-36-17-10-18-38-41(36)43(40)37-24-23-29(26-39(37)45(38,44)31-12-4-3-5-13-31)27-19-21-28(22-20-27)35-25-30-11-6-7-14-32(30)33-15-8-9-16-34(33)35/h3-26H,2H2,1H3. The summed E-state index contributed by atoms with van der Waals surface area (Å²) in [7, 11) is -3.18. The molecule has 0 saturated heterocycles. The molecule has 0 spiro atoms. The van der Waals surface area contributed by atoms with Crippen LogP contribution < -0.4 is 15.9 Å². The van der Waals surface area contributed by atoms with Crippen LogP contribution >= 0.6 is 7.14 Å². The Kier molecular flexibility index (Phi) is 5.75. The van der Waals surface area contributed by atoms with Gasteiger partial charge in [-0.1, -0.05) is 122 Å². The molecule has 9 rings (SSSR count). The highest BCUT2D eigenvalue weighted by molar-refractivity contribution is 7.86. The van der Waals surface area contributed by atoms with Gasteiger partial charge in [-0.05, 0) is 74.1 Å². The van der Waals surface area contributed by atoms with Crippen molar-refractivity contribution < 1.29 is 4.57 Å². The van der Waals surface area contributed by atoms with Gasteiger partial charge in [0.2, 0.25) is 0 Å². The first kappa shape index (κ1) is 26.2. The van der Waals surface area contributed by atoms with Crippen LogP contribution in [-0.4, -0.2) is 9.55 Å². The van der Waals surface area contributed by atoms with E-state index in [1.54, 1.807) is 0 Å². The summed E-state index contributed by atoms with van der Waals surface area (Å²) in [6.07, 6.45) is 0.788. The van der Waals surface area contributed by atoms with E-state index in [9.17, 15) is 0 Å². The van der Waals surface area contributed by atoms with Crippen LogP contribution in [0, 0.1) is 0 Å². The molecule has 1 aromatic heterocycles. The first-order valence-electron chi connectivity index (χ1n) is 15.5. The molecule has 2 heterocycles. The number of aryl methyl sites for hydroxylation is 1. The maximum Gasteiger partial charge on any atom is 0.175 e. The number of imidazole rings is 1. The molecule has 0 radical (unpaired) electrons. The molecule has 45 heavy (non-hydrogen) atoms. The largest absolute Gasteiger partial charge is 0.308 e. The van der Waals surface area contributed by atoms with Gasteiger partial charge >= 0.3 is 0 Å². The fourth-order valence-corrected chi connectivity index (χ4v) is 10.3. The molecule has 0 N–H and O–H groups in total. The second kappa shape index (κ2) is 9.89. The van der Waals surface area contributed by atoms with Crippen LogP contribution in [0.25, 0.3) is 60.5 Å². The van der Waals surface area contributed by atoms with Crippen LogP contribution in [0.15, 0.2) is 146 Å². The van der Waals surface area contributed by atoms with E-state index >= 15 is 4.57 Å². The first-order chi connectivity index (χ1) is 22.1. The van der Waals surface area contributed by atoms with Crippen LogP contribution in [-0.2, 0) is 11.0 Å². The number of fused-ring (bicyclic) bond motifs is 5. The Morgan fingerprint density at radius 1 is 0.600 bits per heavy atom. The lowest BCUT2D eigenvalue weighted by atomic mass is 9.92. The van der Waals surface area contributed by atoms with Crippen molar-refractivity contribution in [1.29, 1.82) is 0 Å². The SMILES string of the molecule is CCc1nc2cccc3c2n1-c1ccc(-c2ccc(-c4cc5ccccc5c5ccccc45)cc2)cc1P3(=O)c1ccccc1. The molecule has 3 nitrogen and oxygen atoms in total. The van der Waals surface area contributed by atoms with E-state index in [-0.39, 0.29) is 0 Å². The summed E-state index contributed by atoms with van der Waals surface area (Å²) in [5.74, 6) is 0.984. The molecule has 0 bridgehead atoms. The third-order valence-electron chi connectivity index (χ3n) is 9.35. The van der Waals surface area contributed by atoms with Crippen LogP contribution in [0.1, 0.15) is 12.7 Å². The average Bonchev–Trinajstić information content (AvgIpc) is 3.50. The molecular formula is C41H29N2OP. The van der Waals surface area contributed by atoms with Crippen molar-refractivity contribution in [2.45, 2.75) is 13.3 Å². The maximum absolute atomic E-state index is 15.6. The van der Waals surface area contributed by atoms with E-state index in [0.717, 1.165) is 56.0 Å². The fraction of sp³-hybridized carbons (Fsp3) is 0.0488. The van der Waals surface area contributed by atoms with E-state index < -0.39 is 7.14 Å². The van der Waals surface area contributed by atoms with Crippen LogP contribution in [0.4, 0.5) is 0 Å². The highest BCUT2D eigenvalue weighted by Gasteiger charge is 2.39. The van der Waals surface area contributed by atoms with Gasteiger partial charge in [-0.2, -0.15) is 0 Å². The van der Waals surface area contributed by atoms with Crippen LogP contribution in [0.2, 0.25) is 0 Å². The molecule has 1 aliphatic heterocycles. The van der Waals surface area contributed by atoms with Gasteiger partial charge < -0.3 is 4.57 Å². The van der Waals surface area contributed by atoms with Gasteiger partial charge in [0, 0.05) is 22.3 Å². The van der Waals surface area contributed by atoms with Crippen molar-refractivity contribution in [1.82, 2.24) is 9.55 Å². The minimum atomic E-state index is -3.18. The smallest absolute Gasteiger partial charge is 0.175 e. The van der Waals surface area contributed by atoms with Gasteiger partial charge in [0.1, 0.15) is 5.82 Å². The Labute approximate surface area is 261 Å². The Balaban J connectivity index is 1.22. The molecule has 8 aromatic rings. The number of para-hydroxylation sites is 1. The van der Waals surface area contributed by atoms with Gasteiger partial charge in [-0.3, -0.25) is 4.57 Å². The first-order valence-corrected chi connectivity index (χ1v) is 17.2. The zero-order valence-electron chi connectivity index (χ0n) is 24.8. The number of aromatic nitrogens is 2. The monoisotopic (exact) mass is 596 g/mol. The fourth-order valence-electron chi connectivity index (χ4n) is 7.23. The lowest BCUT2D eigenvalue weighted by molar-refractivity contribution is 0.592. The van der Waals surface area contributed by atoms with Crippen molar-refractivity contribution in [2.24, 2.45) is 0 Å². The molecule has 0 fully saturated rings. The minimum absolute atomic E-state index is 0.788. The third kappa shape index (κ3) is 3.78. The Bertz CT molecular complexity index is 2490. The molecule has 1 unspecified atom stereocenters. The molecule has 1 aliphatic rings. The predicted octanol–water partition coefficient (Wildman–Crippen LogP) is 9.18. The quantitative estimate of drug-likeness (QED) is 0.150. The summed E-state index contributed by atoms with van der Waals surface area (Å²) < 4.78 is 17.8. The average molecular weight is 597 g/mol. The molecule has 0 aliphatic carbocycles. The number of hydrogen-bond acceptors (Lipinski definition) is 2. The van der Waals surface area contributed by atoms with Crippen LogP contribution in [0.5, 0.6) is 0 Å². The summed E-state index contributed by atoms with van der Waals surface area (Å²) in [6.45, 7) is 2.13. The van der Waals surface area contributed by atoms with Gasteiger partial charge in [0.25, 0.3) is 0 Å². The molecule has 4 heteroatoms. The van der Waals surface area contributed by atoms with E-state index in [1.165, 1.54) is 32.7 Å². The Morgan fingerprint density at radius 3 is 2.09 bits per heavy atom. The summed E-state index contributed by atoms with van der Waals surface area (Å²) in [5.41, 5.74) is 7.37. The highest BCUT2D eigenvalue weighted by Crippen LogP contribution is 2.50. The lowest BCUT2D eigenvalue weighted by Crippen LogP contribution is -2.33. The van der Waals surface area contributed by atoms with Gasteiger partial charge in [-0.25, -0.2) is 4.98 Å². The Morgan fingerprint density at radius 2 is 1.29 bits per heavy atom. The topological polar surface area (TPSA) is 34.9 Å². The zero-order valence-corrected chi connectivity index (χ0v) is 25.7. The molecule has 0 saturated carbocycles. The number of benzene rings is 7. The van der Waals surface area contributed by atoms with Gasteiger partial charge in [0.15, 0.2) is 7.14 Å². The zero-order chi connectivity index (χ0) is 30.1. The number of hydrogen-bond donors (Lipinski definition) is 0. The second-order valence-electron chi connectivity index (χ2n) is 11.8. The van der Waals surface area contributed by atoms with Crippen molar-refractivity contribution in [2.75, 3.05) is 0 Å². The van der Waals surface area contributed by atoms with E-state index in [2.05, 4.69) is 109 Å². The van der Waals surface area contributed by atoms with Crippen LogP contribution in [0.3, 0.4) is 0 Å². The van der Waals surface area contributed by atoms with E-state index in [4.69, 9.17) is 4.98 Å². The summed E-state index contributed by atoms with van der Waals surface area (Å²) in [6, 6.07) is 50.8. The Hall–Kier alpha value is -5.24. The molecular weight excluding hydrogens is 567 g/mol. The summed E-state index contributed by atoms with van der Waals surface area (Å²) in [4.78, 5) is 4.96. The van der Waals surface area contributed by atoms with E-state index in [1.807, 2.05) is 48.5 Å². The molecule has 0 amide bonds. The normalized spacial score (nSPS) is 15.5. The molecule has 1 atom stereocenters. The molecule has 7 aromatic carbocycles. The predicted molar refractivity (Wildman–Crippen MR) is 189 cm³/mol. The molecule has 214 valence electrons. The van der Waals surface area contributed by atoms with Crippen molar-refractivity contribution in [3.63, 3.8) is 0 Å². The van der Waals surface area contributed by atoms with Crippen molar-refractivity contribution >= 4 is 55.6 Å². The summed E-state index contributed by atoms with van der Waals surface area (Å²) in [5, 5.41) is 7.60. The number of nitrogens with zero attached hydrogens (tertiary/aromatic N) is 2. The third-order valence-corrected chi connectivity index (χ3v) is 12.5. The lowest BCUT2D eigenvalue weighted by Gasteiger charge is -2.29. The summed E-state index contributed by atoms with van der Waals surface area (Å²) >= 11 is 0. The maximum atomic E-state index is 15.6. The highest BCUT2D eigenvalue weighted by atomic mass is 31.2. The second-order valence-corrected chi connectivity index (χ2v) is 14.5. The number of rotatable bonds is 4. The van der Waals surface area contributed by atoms with Crippen molar-refractivity contribution in [3.8, 4) is 27.9 Å². The van der Waals surface area contributed by atoms with E-state index in [0.29, 0.717) is 0 Å².